The van der Waals surface area contributed by atoms with Crippen LogP contribution in [0.1, 0.15) is 32.6 Å². The molecule has 2 atom stereocenters. The van der Waals surface area contributed by atoms with Crippen LogP contribution in [0.2, 0.25) is 0 Å². The maximum atomic E-state index is 11.3. The Morgan fingerprint density at radius 2 is 2.31 bits per heavy atom. The Kier molecular flexibility index (Phi) is 5.49. The monoisotopic (exact) mass is 245 g/mol. The zero-order valence-electron chi connectivity index (χ0n) is 10.1. The van der Waals surface area contributed by atoms with Crippen molar-refractivity contribution in [1.82, 2.24) is 5.32 Å². The van der Waals surface area contributed by atoms with Crippen LogP contribution in [0.25, 0.3) is 0 Å². The molecule has 0 radical (unpaired) electrons. The van der Waals surface area contributed by atoms with E-state index in [-0.39, 0.29) is 0 Å². The summed E-state index contributed by atoms with van der Waals surface area (Å²) in [6.07, 6.45) is 5.97. The summed E-state index contributed by atoms with van der Waals surface area (Å²) >= 11 is 0. The first-order chi connectivity index (χ1) is 7.57. The zero-order valence-corrected chi connectivity index (χ0v) is 10.9. The Hall–Kier alpha value is -0.350. The van der Waals surface area contributed by atoms with Gasteiger partial charge in [-0.25, -0.2) is 8.42 Å². The average molecular weight is 245 g/mol. The van der Waals surface area contributed by atoms with Crippen LogP contribution in [-0.2, 0) is 9.84 Å². The third-order valence-electron chi connectivity index (χ3n) is 3.23. The second kappa shape index (κ2) is 6.40. The zero-order chi connectivity index (χ0) is 12.0. The molecule has 1 heterocycles. The molecule has 1 aliphatic rings. The lowest BCUT2D eigenvalue weighted by atomic mass is 10.1. The molecule has 1 aliphatic heterocycles. The molecule has 1 saturated heterocycles. The third kappa shape index (κ3) is 4.66. The van der Waals surface area contributed by atoms with E-state index in [1.165, 1.54) is 0 Å². The summed E-state index contributed by atoms with van der Waals surface area (Å²) in [6, 6.07) is 0.501. The van der Waals surface area contributed by atoms with Crippen LogP contribution in [0, 0.1) is 5.92 Å². The molecule has 0 aromatic rings. The molecule has 0 spiro atoms. The van der Waals surface area contributed by atoms with Gasteiger partial charge in [0.15, 0.2) is 9.84 Å². The molecular formula is C12H23NO2S. The van der Waals surface area contributed by atoms with Gasteiger partial charge in [-0.05, 0) is 38.1 Å². The first-order valence-corrected chi connectivity index (χ1v) is 7.94. The minimum Gasteiger partial charge on any atom is -0.314 e. The Morgan fingerprint density at radius 3 is 2.81 bits per heavy atom. The number of allylic oxidation sites excluding steroid dienone is 1. The predicted molar refractivity (Wildman–Crippen MR) is 68.3 cm³/mol. The van der Waals surface area contributed by atoms with Crippen molar-refractivity contribution in [3.8, 4) is 0 Å². The second-order valence-corrected chi connectivity index (χ2v) is 6.88. The van der Waals surface area contributed by atoms with Crippen molar-refractivity contribution in [3.63, 3.8) is 0 Å². The first-order valence-electron chi connectivity index (χ1n) is 6.12. The topological polar surface area (TPSA) is 46.2 Å². The highest BCUT2D eigenvalue weighted by atomic mass is 32.2. The molecule has 4 heteroatoms. The lowest BCUT2D eigenvalue weighted by Crippen LogP contribution is -2.33. The highest BCUT2D eigenvalue weighted by Crippen LogP contribution is 2.17. The molecule has 0 amide bonds. The second-order valence-electron chi connectivity index (χ2n) is 4.65. The van der Waals surface area contributed by atoms with E-state index in [2.05, 4.69) is 18.8 Å². The standard InChI is InChI=1S/C12H23NO2S/c1-3-5-6-12(4-2)13-9-11-7-8-16(14,15)10-11/h3,11-13H,1,4-10H2,2H3/t11-,12+/m0/s1. The van der Waals surface area contributed by atoms with Gasteiger partial charge >= 0.3 is 0 Å². The fourth-order valence-corrected chi connectivity index (χ4v) is 4.00. The summed E-state index contributed by atoms with van der Waals surface area (Å²) in [4.78, 5) is 0. The van der Waals surface area contributed by atoms with Crippen molar-refractivity contribution >= 4 is 9.84 Å². The minimum atomic E-state index is -2.72. The molecule has 0 bridgehead atoms. The van der Waals surface area contributed by atoms with Gasteiger partial charge in [-0.15, -0.1) is 6.58 Å². The maximum absolute atomic E-state index is 11.3. The Bertz CT molecular complexity index is 311. The van der Waals surface area contributed by atoms with E-state index in [0.29, 0.717) is 23.5 Å². The Morgan fingerprint density at radius 1 is 1.56 bits per heavy atom. The molecule has 0 saturated carbocycles. The minimum absolute atomic E-state index is 0.322. The SMILES string of the molecule is C=CCC[C@@H](CC)NC[C@@H]1CCS(=O)(=O)C1. The van der Waals surface area contributed by atoms with E-state index >= 15 is 0 Å². The molecule has 0 aliphatic carbocycles. The molecule has 0 aromatic carbocycles. The van der Waals surface area contributed by atoms with Gasteiger partial charge in [-0.3, -0.25) is 0 Å². The van der Waals surface area contributed by atoms with E-state index < -0.39 is 9.84 Å². The molecule has 1 N–H and O–H groups in total. The van der Waals surface area contributed by atoms with Crippen LogP contribution in [0.4, 0.5) is 0 Å². The van der Waals surface area contributed by atoms with Crippen molar-refractivity contribution in [1.29, 1.82) is 0 Å². The fraction of sp³-hybridized carbons (Fsp3) is 0.833. The number of nitrogens with one attached hydrogen (secondary N) is 1. The van der Waals surface area contributed by atoms with Crippen molar-refractivity contribution in [2.45, 2.75) is 38.6 Å². The van der Waals surface area contributed by atoms with Gasteiger partial charge in [0.1, 0.15) is 0 Å². The third-order valence-corrected chi connectivity index (χ3v) is 5.07. The van der Waals surface area contributed by atoms with Gasteiger partial charge < -0.3 is 5.32 Å². The van der Waals surface area contributed by atoms with Gasteiger partial charge in [0.25, 0.3) is 0 Å². The predicted octanol–water partition coefficient (Wildman–Crippen LogP) is 1.76. The molecule has 0 aromatic heterocycles. The van der Waals surface area contributed by atoms with Gasteiger partial charge in [0, 0.05) is 6.04 Å². The van der Waals surface area contributed by atoms with E-state index in [0.717, 1.165) is 32.2 Å². The van der Waals surface area contributed by atoms with E-state index in [1.807, 2.05) is 6.08 Å². The fourth-order valence-electron chi connectivity index (χ4n) is 2.14. The molecule has 1 rings (SSSR count). The summed E-state index contributed by atoms with van der Waals surface area (Å²) in [7, 11) is -2.72. The summed E-state index contributed by atoms with van der Waals surface area (Å²) in [5.41, 5.74) is 0. The van der Waals surface area contributed by atoms with Gasteiger partial charge in [-0.2, -0.15) is 0 Å². The largest absolute Gasteiger partial charge is 0.314 e. The van der Waals surface area contributed by atoms with E-state index in [1.54, 1.807) is 0 Å². The van der Waals surface area contributed by atoms with Crippen molar-refractivity contribution < 1.29 is 8.42 Å². The number of hydrogen-bond donors (Lipinski definition) is 1. The van der Waals surface area contributed by atoms with Crippen molar-refractivity contribution in [2.24, 2.45) is 5.92 Å². The van der Waals surface area contributed by atoms with Crippen LogP contribution in [0.15, 0.2) is 12.7 Å². The lowest BCUT2D eigenvalue weighted by Gasteiger charge is -2.18. The number of hydrogen-bond acceptors (Lipinski definition) is 3. The molecule has 0 unspecified atom stereocenters. The number of rotatable bonds is 7. The summed E-state index contributed by atoms with van der Waals surface area (Å²) in [5, 5.41) is 3.47. The average Bonchev–Trinajstić information content (AvgIpc) is 2.59. The van der Waals surface area contributed by atoms with Crippen molar-refractivity contribution in [3.05, 3.63) is 12.7 Å². The van der Waals surface area contributed by atoms with E-state index in [9.17, 15) is 8.42 Å². The Labute approximate surface area is 99.2 Å². The van der Waals surface area contributed by atoms with Gasteiger partial charge in [0.05, 0.1) is 11.5 Å². The Balaban J connectivity index is 2.25. The van der Waals surface area contributed by atoms with Crippen LogP contribution in [0.3, 0.4) is 0 Å². The summed E-state index contributed by atoms with van der Waals surface area (Å²) < 4.78 is 22.6. The van der Waals surface area contributed by atoms with Gasteiger partial charge in [-0.1, -0.05) is 13.0 Å². The highest BCUT2D eigenvalue weighted by Gasteiger charge is 2.27. The first kappa shape index (κ1) is 13.7. The van der Waals surface area contributed by atoms with Crippen LogP contribution < -0.4 is 5.32 Å². The molecule has 3 nitrogen and oxygen atoms in total. The molecule has 16 heavy (non-hydrogen) atoms. The van der Waals surface area contributed by atoms with Crippen LogP contribution >= 0.6 is 0 Å². The number of sulfone groups is 1. The molecule has 1 fully saturated rings. The van der Waals surface area contributed by atoms with Crippen LogP contribution in [0.5, 0.6) is 0 Å². The smallest absolute Gasteiger partial charge is 0.150 e. The normalized spacial score (nSPS) is 25.4. The van der Waals surface area contributed by atoms with Gasteiger partial charge in [0.2, 0.25) is 0 Å². The molecular weight excluding hydrogens is 222 g/mol. The summed E-state index contributed by atoms with van der Waals surface area (Å²) in [6.45, 7) is 6.72. The van der Waals surface area contributed by atoms with Crippen molar-refractivity contribution in [2.75, 3.05) is 18.1 Å². The molecule has 94 valence electrons. The highest BCUT2D eigenvalue weighted by molar-refractivity contribution is 7.91. The maximum Gasteiger partial charge on any atom is 0.150 e. The quantitative estimate of drug-likeness (QED) is 0.695. The van der Waals surface area contributed by atoms with E-state index in [4.69, 9.17) is 0 Å². The van der Waals surface area contributed by atoms with Crippen LogP contribution in [-0.4, -0.2) is 32.5 Å². The lowest BCUT2D eigenvalue weighted by molar-refractivity contribution is 0.423. The summed E-state index contributed by atoms with van der Waals surface area (Å²) in [5.74, 6) is 1.07.